The van der Waals surface area contributed by atoms with Crippen LogP contribution in [0.5, 0.6) is 11.5 Å². The van der Waals surface area contributed by atoms with Crippen LogP contribution in [0.1, 0.15) is 10.4 Å². The first-order valence-electron chi connectivity index (χ1n) is 6.54. The largest absolute Gasteiger partial charge is 0.493 e. The molecule has 0 bridgehead atoms. The van der Waals surface area contributed by atoms with Crippen LogP contribution < -0.4 is 14.8 Å². The number of benzene rings is 2. The van der Waals surface area contributed by atoms with E-state index in [2.05, 4.69) is 5.32 Å². The number of ether oxygens (including phenoxy) is 2. The summed E-state index contributed by atoms with van der Waals surface area (Å²) in [6, 6.07) is 4.66. The van der Waals surface area contributed by atoms with E-state index in [0.29, 0.717) is 6.07 Å². The van der Waals surface area contributed by atoms with E-state index >= 15 is 0 Å². The van der Waals surface area contributed by atoms with E-state index in [9.17, 15) is 23.7 Å². The minimum absolute atomic E-state index is 0.0636. The number of nitrogens with one attached hydrogen (secondary N) is 1. The normalized spacial score (nSPS) is 10.2. The molecule has 0 unspecified atom stereocenters. The van der Waals surface area contributed by atoms with Crippen molar-refractivity contribution in [2.75, 3.05) is 19.5 Å². The number of nitro benzene ring substituents is 1. The van der Waals surface area contributed by atoms with Gasteiger partial charge in [0.05, 0.1) is 30.9 Å². The van der Waals surface area contributed by atoms with Crippen molar-refractivity contribution in [3.05, 3.63) is 57.6 Å². The maximum atomic E-state index is 13.6. The Hall–Kier alpha value is -3.23. The molecule has 0 fully saturated rings. The van der Waals surface area contributed by atoms with Gasteiger partial charge in [-0.1, -0.05) is 0 Å². The van der Waals surface area contributed by atoms with E-state index in [-0.39, 0.29) is 22.7 Å². The van der Waals surface area contributed by atoms with Gasteiger partial charge in [-0.05, 0) is 12.1 Å². The molecule has 0 saturated heterocycles. The van der Waals surface area contributed by atoms with Crippen LogP contribution in [0, 0.1) is 21.7 Å². The van der Waals surface area contributed by atoms with E-state index in [1.165, 1.54) is 14.2 Å². The third-order valence-electron chi connectivity index (χ3n) is 3.12. The highest BCUT2D eigenvalue weighted by Gasteiger charge is 2.25. The molecule has 7 nitrogen and oxygen atoms in total. The zero-order valence-corrected chi connectivity index (χ0v) is 12.6. The Balaban J connectivity index is 2.45. The predicted molar refractivity (Wildman–Crippen MR) is 80.5 cm³/mol. The molecule has 0 aliphatic rings. The summed E-state index contributed by atoms with van der Waals surface area (Å²) in [7, 11) is 2.58. The number of carbonyl (C=O) groups excluding carboxylic acids is 1. The lowest BCUT2D eigenvalue weighted by Gasteiger charge is -2.11. The summed E-state index contributed by atoms with van der Waals surface area (Å²) < 4.78 is 36.5. The molecule has 126 valence electrons. The average molecular weight is 338 g/mol. The quantitative estimate of drug-likeness (QED) is 0.668. The summed E-state index contributed by atoms with van der Waals surface area (Å²) in [5.41, 5.74) is -1.22. The number of nitrogens with zero attached hydrogens (tertiary/aromatic N) is 1. The van der Waals surface area contributed by atoms with Crippen molar-refractivity contribution in [1.29, 1.82) is 0 Å². The number of rotatable bonds is 5. The molecule has 2 rings (SSSR count). The fourth-order valence-corrected chi connectivity index (χ4v) is 1.98. The molecule has 0 aromatic heterocycles. The highest BCUT2D eigenvalue weighted by atomic mass is 19.1. The highest BCUT2D eigenvalue weighted by Crippen LogP contribution is 2.34. The predicted octanol–water partition coefficient (Wildman–Crippen LogP) is 3.14. The molecule has 0 atom stereocenters. The van der Waals surface area contributed by atoms with Crippen LogP contribution >= 0.6 is 0 Å². The van der Waals surface area contributed by atoms with Crippen LogP contribution in [0.4, 0.5) is 20.2 Å². The molecule has 1 N–H and O–H groups in total. The van der Waals surface area contributed by atoms with Crippen LogP contribution in [-0.4, -0.2) is 25.1 Å². The first-order chi connectivity index (χ1) is 11.4. The lowest BCUT2D eigenvalue weighted by molar-refractivity contribution is -0.385. The van der Waals surface area contributed by atoms with Crippen LogP contribution in [0.2, 0.25) is 0 Å². The van der Waals surface area contributed by atoms with Crippen molar-refractivity contribution < 1.29 is 28.0 Å². The van der Waals surface area contributed by atoms with Gasteiger partial charge in [-0.25, -0.2) is 8.78 Å². The summed E-state index contributed by atoms with van der Waals surface area (Å²) in [6.07, 6.45) is 0. The topological polar surface area (TPSA) is 90.7 Å². The Morgan fingerprint density at radius 1 is 1.12 bits per heavy atom. The second kappa shape index (κ2) is 6.90. The molecule has 24 heavy (non-hydrogen) atoms. The summed E-state index contributed by atoms with van der Waals surface area (Å²) in [5.74, 6) is -2.62. The number of nitro groups is 1. The molecule has 0 aliphatic heterocycles. The summed E-state index contributed by atoms with van der Waals surface area (Å²) >= 11 is 0. The van der Waals surface area contributed by atoms with Crippen LogP contribution in [0.3, 0.4) is 0 Å². The smallest absolute Gasteiger partial charge is 0.286 e. The number of carbonyl (C=O) groups is 1. The SMILES string of the molecule is COc1cc(C(=O)Nc2ccc(F)cc2F)c([N+](=O)[O-])cc1OC. The molecule has 0 spiro atoms. The Kier molecular flexibility index (Phi) is 4.93. The number of hydrogen-bond acceptors (Lipinski definition) is 5. The standard InChI is InChI=1S/C15H12F2N2O5/c1-23-13-6-9(12(19(21)22)7-14(13)24-2)15(20)18-11-4-3-8(16)5-10(11)17/h3-7H,1-2H3,(H,18,20). The van der Waals surface area contributed by atoms with Gasteiger partial charge in [0.2, 0.25) is 0 Å². The molecule has 2 aromatic carbocycles. The van der Waals surface area contributed by atoms with Gasteiger partial charge < -0.3 is 14.8 Å². The fraction of sp³-hybridized carbons (Fsp3) is 0.133. The van der Waals surface area contributed by atoms with E-state index < -0.39 is 28.2 Å². The molecular formula is C15H12F2N2O5. The Morgan fingerprint density at radius 3 is 2.29 bits per heavy atom. The maximum absolute atomic E-state index is 13.6. The van der Waals surface area contributed by atoms with Crippen molar-refractivity contribution in [2.24, 2.45) is 0 Å². The van der Waals surface area contributed by atoms with Gasteiger partial charge in [0.25, 0.3) is 11.6 Å². The molecule has 1 amide bonds. The Labute approximate surface area is 135 Å². The molecule has 0 radical (unpaired) electrons. The number of anilines is 1. The van der Waals surface area contributed by atoms with E-state index in [4.69, 9.17) is 9.47 Å². The molecular weight excluding hydrogens is 326 g/mol. The van der Waals surface area contributed by atoms with Crippen LogP contribution in [0.15, 0.2) is 30.3 Å². The second-order valence-corrected chi connectivity index (χ2v) is 4.56. The lowest BCUT2D eigenvalue weighted by atomic mass is 10.1. The zero-order valence-electron chi connectivity index (χ0n) is 12.6. The third-order valence-corrected chi connectivity index (χ3v) is 3.12. The molecule has 0 saturated carbocycles. The lowest BCUT2D eigenvalue weighted by Crippen LogP contribution is -2.15. The maximum Gasteiger partial charge on any atom is 0.286 e. The molecule has 2 aromatic rings. The van der Waals surface area contributed by atoms with Crippen LogP contribution in [0.25, 0.3) is 0 Å². The van der Waals surface area contributed by atoms with Crippen molar-refractivity contribution in [3.63, 3.8) is 0 Å². The number of methoxy groups -OCH3 is 2. The minimum Gasteiger partial charge on any atom is -0.493 e. The van der Waals surface area contributed by atoms with Gasteiger partial charge in [0.15, 0.2) is 11.5 Å². The summed E-state index contributed by atoms with van der Waals surface area (Å²) in [4.78, 5) is 22.7. The van der Waals surface area contributed by atoms with Gasteiger partial charge in [0, 0.05) is 12.1 Å². The number of halogens is 2. The van der Waals surface area contributed by atoms with Crippen molar-refractivity contribution >= 4 is 17.3 Å². The first kappa shape index (κ1) is 17.1. The van der Waals surface area contributed by atoms with Crippen molar-refractivity contribution in [3.8, 4) is 11.5 Å². The average Bonchev–Trinajstić information content (AvgIpc) is 2.55. The van der Waals surface area contributed by atoms with Gasteiger partial charge in [0.1, 0.15) is 17.2 Å². The Bertz CT molecular complexity index is 811. The second-order valence-electron chi connectivity index (χ2n) is 4.56. The van der Waals surface area contributed by atoms with Crippen LogP contribution in [-0.2, 0) is 0 Å². The highest BCUT2D eigenvalue weighted by molar-refractivity contribution is 6.07. The summed E-state index contributed by atoms with van der Waals surface area (Å²) in [5, 5.41) is 13.3. The van der Waals surface area contributed by atoms with Gasteiger partial charge in [-0.3, -0.25) is 14.9 Å². The minimum atomic E-state index is -1.01. The molecule has 0 aliphatic carbocycles. The van der Waals surface area contributed by atoms with E-state index in [1.54, 1.807) is 0 Å². The molecule has 9 heteroatoms. The fourth-order valence-electron chi connectivity index (χ4n) is 1.98. The van der Waals surface area contributed by atoms with Gasteiger partial charge in [-0.15, -0.1) is 0 Å². The van der Waals surface area contributed by atoms with Gasteiger partial charge in [-0.2, -0.15) is 0 Å². The number of amides is 1. The first-order valence-corrected chi connectivity index (χ1v) is 6.54. The van der Waals surface area contributed by atoms with E-state index in [1.807, 2.05) is 0 Å². The zero-order chi connectivity index (χ0) is 17.9. The third kappa shape index (κ3) is 3.40. The monoisotopic (exact) mass is 338 g/mol. The van der Waals surface area contributed by atoms with Gasteiger partial charge >= 0.3 is 0 Å². The number of hydrogen-bond donors (Lipinski definition) is 1. The Morgan fingerprint density at radius 2 is 1.75 bits per heavy atom. The van der Waals surface area contributed by atoms with Crippen molar-refractivity contribution in [1.82, 2.24) is 0 Å². The summed E-state index contributed by atoms with van der Waals surface area (Å²) in [6.45, 7) is 0. The van der Waals surface area contributed by atoms with E-state index in [0.717, 1.165) is 24.3 Å². The molecule has 0 heterocycles. The van der Waals surface area contributed by atoms with Crippen molar-refractivity contribution in [2.45, 2.75) is 0 Å².